The molecule has 0 unspecified atom stereocenters. The van der Waals surface area contributed by atoms with E-state index in [0.29, 0.717) is 60.3 Å². The highest BCUT2D eigenvalue weighted by Gasteiger charge is 2.29. The lowest BCUT2D eigenvalue weighted by Gasteiger charge is -2.18. The van der Waals surface area contributed by atoms with E-state index < -0.39 is 0 Å². The molecule has 0 aliphatic carbocycles. The van der Waals surface area contributed by atoms with Crippen molar-refractivity contribution in [3.63, 3.8) is 0 Å². The summed E-state index contributed by atoms with van der Waals surface area (Å²) in [6.45, 7) is 4.04. The Bertz CT molecular complexity index is 1170. The topological polar surface area (TPSA) is 91.1 Å². The first-order valence-corrected chi connectivity index (χ1v) is 11.5. The predicted molar refractivity (Wildman–Crippen MR) is 126 cm³/mol. The summed E-state index contributed by atoms with van der Waals surface area (Å²) in [5, 5.41) is 9.73. The first kappa shape index (κ1) is 21.5. The van der Waals surface area contributed by atoms with Crippen LogP contribution in [0.2, 0.25) is 0 Å². The van der Waals surface area contributed by atoms with Crippen molar-refractivity contribution in [2.24, 2.45) is 0 Å². The van der Waals surface area contributed by atoms with Crippen molar-refractivity contribution >= 4 is 17.3 Å². The summed E-state index contributed by atoms with van der Waals surface area (Å²) in [6.07, 6.45) is 6.85. The van der Waals surface area contributed by atoms with Gasteiger partial charge in [0.05, 0.1) is 23.1 Å². The fraction of sp³-hybridized carbons (Fsp3) is 0.360. The zero-order chi connectivity index (χ0) is 22.8. The van der Waals surface area contributed by atoms with Gasteiger partial charge in [0, 0.05) is 47.7 Å². The van der Waals surface area contributed by atoms with Crippen LogP contribution in [0.5, 0.6) is 5.75 Å². The number of carbonyl (C=O) groups excluding carboxylic acids is 1. The molecule has 33 heavy (non-hydrogen) atoms. The average Bonchev–Trinajstić information content (AvgIpc) is 3.47. The van der Waals surface area contributed by atoms with Gasteiger partial charge in [-0.3, -0.25) is 9.78 Å². The van der Waals surface area contributed by atoms with Gasteiger partial charge in [-0.25, -0.2) is 4.39 Å². The van der Waals surface area contributed by atoms with Crippen LogP contribution in [-0.2, 0) is 12.8 Å². The van der Waals surface area contributed by atoms with Crippen molar-refractivity contribution in [2.45, 2.75) is 38.6 Å². The van der Waals surface area contributed by atoms with Gasteiger partial charge in [-0.1, -0.05) is 13.0 Å². The maximum atomic E-state index is 14.5. The van der Waals surface area contributed by atoms with Crippen LogP contribution in [0.1, 0.15) is 41.4 Å². The number of nitrogens with one attached hydrogen (secondary N) is 4. The summed E-state index contributed by atoms with van der Waals surface area (Å²) < 4.78 is 20.6. The SMILES string of the molecule is CCc1c(F)cccc1Nc1c(-c2ccncc2OC[C@@H]2CCCN2)[nH]c2c1C(=O)NCC2. The van der Waals surface area contributed by atoms with Crippen molar-refractivity contribution < 1.29 is 13.9 Å². The minimum atomic E-state index is -0.269. The molecule has 1 atom stereocenters. The molecule has 0 spiro atoms. The van der Waals surface area contributed by atoms with E-state index in [1.165, 1.54) is 6.07 Å². The number of pyridine rings is 1. The molecular weight excluding hydrogens is 421 g/mol. The van der Waals surface area contributed by atoms with Crippen LogP contribution >= 0.6 is 0 Å². The van der Waals surface area contributed by atoms with Gasteiger partial charge in [0.25, 0.3) is 5.91 Å². The minimum Gasteiger partial charge on any atom is -0.490 e. The summed E-state index contributed by atoms with van der Waals surface area (Å²) in [5.41, 5.74) is 4.80. The number of carbonyl (C=O) groups is 1. The number of nitrogens with zero attached hydrogens (tertiary/aromatic N) is 1. The van der Waals surface area contributed by atoms with E-state index in [4.69, 9.17) is 4.74 Å². The summed E-state index contributed by atoms with van der Waals surface area (Å²) in [6, 6.07) is 7.16. The summed E-state index contributed by atoms with van der Waals surface area (Å²) >= 11 is 0. The fourth-order valence-corrected chi connectivity index (χ4v) is 4.67. The summed E-state index contributed by atoms with van der Waals surface area (Å²) in [4.78, 5) is 20.6. The van der Waals surface area contributed by atoms with E-state index in [1.807, 2.05) is 19.1 Å². The van der Waals surface area contributed by atoms with Gasteiger partial charge in [-0.2, -0.15) is 0 Å². The maximum Gasteiger partial charge on any atom is 0.255 e. The Hall–Kier alpha value is -3.39. The molecule has 172 valence electrons. The number of hydrogen-bond acceptors (Lipinski definition) is 5. The van der Waals surface area contributed by atoms with Gasteiger partial charge in [0.2, 0.25) is 0 Å². The number of ether oxygens (including phenoxy) is 1. The Morgan fingerprint density at radius 2 is 2.18 bits per heavy atom. The highest BCUT2D eigenvalue weighted by atomic mass is 19.1. The molecule has 2 aliphatic heterocycles. The first-order valence-electron chi connectivity index (χ1n) is 11.5. The number of halogens is 1. The fourth-order valence-electron chi connectivity index (χ4n) is 4.67. The molecule has 0 saturated carbocycles. The van der Waals surface area contributed by atoms with Crippen LogP contribution in [0.4, 0.5) is 15.8 Å². The number of aromatic amines is 1. The normalized spacial score (nSPS) is 17.5. The van der Waals surface area contributed by atoms with Gasteiger partial charge in [0.15, 0.2) is 0 Å². The van der Waals surface area contributed by atoms with E-state index in [-0.39, 0.29) is 11.7 Å². The Morgan fingerprint density at radius 1 is 1.27 bits per heavy atom. The molecule has 2 aromatic heterocycles. The number of amides is 1. The van der Waals surface area contributed by atoms with Gasteiger partial charge >= 0.3 is 0 Å². The number of anilines is 2. The Balaban J connectivity index is 1.58. The quantitative estimate of drug-likeness (QED) is 0.439. The lowest BCUT2D eigenvalue weighted by Crippen LogP contribution is -2.31. The van der Waals surface area contributed by atoms with Crippen LogP contribution in [0, 0.1) is 5.82 Å². The van der Waals surface area contributed by atoms with Crippen LogP contribution in [0.25, 0.3) is 11.3 Å². The van der Waals surface area contributed by atoms with E-state index in [2.05, 4.69) is 25.9 Å². The van der Waals surface area contributed by atoms with Gasteiger partial charge in [-0.05, 0) is 44.0 Å². The molecular formula is C25H28FN5O2. The highest BCUT2D eigenvalue weighted by Crippen LogP contribution is 2.41. The second kappa shape index (κ2) is 9.23. The molecule has 4 N–H and O–H groups in total. The van der Waals surface area contributed by atoms with Gasteiger partial charge in [-0.15, -0.1) is 0 Å². The van der Waals surface area contributed by atoms with Crippen molar-refractivity contribution in [3.05, 3.63) is 59.3 Å². The van der Waals surface area contributed by atoms with Gasteiger partial charge in [0.1, 0.15) is 18.2 Å². The zero-order valence-corrected chi connectivity index (χ0v) is 18.6. The second-order valence-corrected chi connectivity index (χ2v) is 8.46. The number of hydrogen-bond donors (Lipinski definition) is 4. The number of H-pyrrole nitrogens is 1. The van der Waals surface area contributed by atoms with Crippen molar-refractivity contribution in [1.82, 2.24) is 20.6 Å². The van der Waals surface area contributed by atoms with Crippen LogP contribution in [0.15, 0.2) is 36.7 Å². The molecule has 1 amide bonds. The third-order valence-corrected chi connectivity index (χ3v) is 6.35. The van der Waals surface area contributed by atoms with Crippen molar-refractivity contribution in [2.75, 3.05) is 25.0 Å². The molecule has 7 nitrogen and oxygen atoms in total. The lowest BCUT2D eigenvalue weighted by atomic mass is 10.0. The summed E-state index contributed by atoms with van der Waals surface area (Å²) in [5.74, 6) is 0.223. The zero-order valence-electron chi connectivity index (χ0n) is 18.6. The minimum absolute atomic E-state index is 0.151. The van der Waals surface area contributed by atoms with Crippen LogP contribution < -0.4 is 20.7 Å². The van der Waals surface area contributed by atoms with Crippen LogP contribution in [-0.4, -0.2) is 41.6 Å². The Morgan fingerprint density at radius 3 is 3.00 bits per heavy atom. The van der Waals surface area contributed by atoms with Gasteiger partial charge < -0.3 is 25.7 Å². The molecule has 8 heteroatoms. The van der Waals surface area contributed by atoms with E-state index in [0.717, 1.165) is 36.3 Å². The first-order chi connectivity index (χ1) is 16.2. The van der Waals surface area contributed by atoms with E-state index in [9.17, 15) is 9.18 Å². The smallest absolute Gasteiger partial charge is 0.255 e. The molecule has 1 aromatic carbocycles. The maximum absolute atomic E-state index is 14.5. The average molecular weight is 450 g/mol. The molecule has 5 rings (SSSR count). The van der Waals surface area contributed by atoms with Crippen molar-refractivity contribution in [3.8, 4) is 17.0 Å². The third-order valence-electron chi connectivity index (χ3n) is 6.35. The number of fused-ring (bicyclic) bond motifs is 1. The largest absolute Gasteiger partial charge is 0.490 e. The Kier molecular flexibility index (Phi) is 6.00. The number of rotatable bonds is 7. The van der Waals surface area contributed by atoms with Crippen LogP contribution in [0.3, 0.4) is 0 Å². The van der Waals surface area contributed by atoms with E-state index in [1.54, 1.807) is 18.5 Å². The monoisotopic (exact) mass is 449 g/mol. The number of aromatic nitrogens is 2. The third kappa shape index (κ3) is 4.18. The predicted octanol–water partition coefficient (Wildman–Crippen LogP) is 3.94. The molecule has 0 radical (unpaired) electrons. The van der Waals surface area contributed by atoms with E-state index >= 15 is 0 Å². The Labute approximate surface area is 192 Å². The number of benzene rings is 1. The molecule has 1 saturated heterocycles. The standard InChI is InChI=1S/C25H28FN5O2/c1-2-16-18(26)6-3-7-19(16)30-24-22-20(9-12-29-25(22)32)31-23(24)17-8-11-27-13-21(17)33-14-15-5-4-10-28-15/h3,6-8,11,13,15,28,30-31H,2,4-5,9-10,12,14H2,1H3,(H,29,32)/t15-/m0/s1. The molecule has 4 heterocycles. The molecule has 1 fully saturated rings. The van der Waals surface area contributed by atoms with Crippen molar-refractivity contribution in [1.29, 1.82) is 0 Å². The lowest BCUT2D eigenvalue weighted by molar-refractivity contribution is 0.0947. The molecule has 0 bridgehead atoms. The summed E-state index contributed by atoms with van der Waals surface area (Å²) in [7, 11) is 0. The second-order valence-electron chi connectivity index (χ2n) is 8.46. The molecule has 2 aliphatic rings. The molecule has 3 aromatic rings. The highest BCUT2D eigenvalue weighted by molar-refractivity contribution is 6.06.